The molecule has 110 valence electrons. The molecule has 3 rings (SSSR count). The van der Waals surface area contributed by atoms with Crippen LogP contribution in [0.2, 0.25) is 0 Å². The van der Waals surface area contributed by atoms with Crippen LogP contribution in [-0.2, 0) is 5.60 Å². The third kappa shape index (κ3) is 2.49. The monoisotopic (exact) mass is 284 g/mol. The molecule has 0 spiro atoms. The van der Waals surface area contributed by atoms with Gasteiger partial charge in [0.25, 0.3) is 0 Å². The Morgan fingerprint density at radius 1 is 1.14 bits per heavy atom. The van der Waals surface area contributed by atoms with Crippen molar-refractivity contribution in [2.24, 2.45) is 0 Å². The second-order valence-corrected chi connectivity index (χ2v) is 5.95. The van der Waals surface area contributed by atoms with Crippen molar-refractivity contribution in [3.05, 3.63) is 71.0 Å². The molecule has 2 heteroatoms. The summed E-state index contributed by atoms with van der Waals surface area (Å²) in [6.45, 7) is 1.89. The van der Waals surface area contributed by atoms with Crippen LogP contribution in [0.15, 0.2) is 48.5 Å². The van der Waals surface area contributed by atoms with Crippen LogP contribution in [0.5, 0.6) is 0 Å². The van der Waals surface area contributed by atoms with Crippen LogP contribution in [0.25, 0.3) is 0 Å². The summed E-state index contributed by atoms with van der Waals surface area (Å²) in [5.74, 6) is 0.252. The first-order chi connectivity index (χ1) is 10.1. The van der Waals surface area contributed by atoms with Gasteiger partial charge in [-0.15, -0.1) is 0 Å². The second-order valence-electron chi connectivity index (χ2n) is 5.95. The molecule has 0 saturated heterocycles. The van der Waals surface area contributed by atoms with E-state index in [0.717, 1.165) is 5.56 Å². The van der Waals surface area contributed by atoms with Crippen LogP contribution >= 0.6 is 0 Å². The Balaban J connectivity index is 2.04. The molecule has 1 N–H and O–H groups in total. The molecule has 0 aromatic heterocycles. The number of hydrogen-bond donors (Lipinski definition) is 1. The van der Waals surface area contributed by atoms with E-state index in [9.17, 15) is 9.50 Å². The van der Waals surface area contributed by atoms with Crippen molar-refractivity contribution in [2.45, 2.75) is 44.1 Å². The predicted octanol–water partition coefficient (Wildman–Crippen LogP) is 4.74. The molecule has 0 bridgehead atoms. The molecule has 0 heterocycles. The van der Waals surface area contributed by atoms with Crippen molar-refractivity contribution in [2.75, 3.05) is 0 Å². The van der Waals surface area contributed by atoms with Crippen molar-refractivity contribution >= 4 is 0 Å². The number of aliphatic hydroxyl groups is 1. The zero-order chi connectivity index (χ0) is 14.9. The van der Waals surface area contributed by atoms with Gasteiger partial charge in [-0.05, 0) is 42.4 Å². The fourth-order valence-electron chi connectivity index (χ4n) is 3.14. The molecule has 1 saturated carbocycles. The highest BCUT2D eigenvalue weighted by Crippen LogP contribution is 2.40. The van der Waals surface area contributed by atoms with Gasteiger partial charge in [-0.1, -0.05) is 55.8 Å². The third-order valence-corrected chi connectivity index (χ3v) is 4.77. The largest absolute Gasteiger partial charge is 0.380 e. The van der Waals surface area contributed by atoms with Gasteiger partial charge >= 0.3 is 0 Å². The molecule has 1 aliphatic rings. The topological polar surface area (TPSA) is 20.2 Å². The summed E-state index contributed by atoms with van der Waals surface area (Å²) in [5, 5.41) is 11.1. The van der Waals surface area contributed by atoms with Gasteiger partial charge in [0, 0.05) is 5.56 Å². The number of rotatable bonds is 4. The minimum Gasteiger partial charge on any atom is -0.380 e. The van der Waals surface area contributed by atoms with Crippen LogP contribution in [0, 0.1) is 5.82 Å². The molecule has 2 aromatic carbocycles. The molecule has 21 heavy (non-hydrogen) atoms. The van der Waals surface area contributed by atoms with E-state index in [2.05, 4.69) is 12.1 Å². The smallest absolute Gasteiger partial charge is 0.129 e. The molecule has 1 nitrogen and oxygen atoms in total. The maximum absolute atomic E-state index is 14.1. The van der Waals surface area contributed by atoms with Gasteiger partial charge in [0.15, 0.2) is 0 Å². The van der Waals surface area contributed by atoms with E-state index in [0.29, 0.717) is 17.9 Å². The average Bonchev–Trinajstić information content (AvgIpc) is 2.45. The quantitative estimate of drug-likeness (QED) is 0.860. The SMILES string of the molecule is CCC(O)(c1cccc(C2CCC2)c1)c1ccccc1F. The Hall–Kier alpha value is -1.67. The van der Waals surface area contributed by atoms with E-state index in [1.807, 2.05) is 19.1 Å². The van der Waals surface area contributed by atoms with Crippen molar-refractivity contribution < 1.29 is 9.50 Å². The van der Waals surface area contributed by atoms with Gasteiger partial charge < -0.3 is 5.11 Å². The van der Waals surface area contributed by atoms with Crippen LogP contribution < -0.4 is 0 Å². The van der Waals surface area contributed by atoms with E-state index >= 15 is 0 Å². The molecule has 0 aliphatic heterocycles. The summed E-state index contributed by atoms with van der Waals surface area (Å²) >= 11 is 0. The van der Waals surface area contributed by atoms with E-state index in [-0.39, 0.29) is 5.82 Å². The zero-order valence-electron chi connectivity index (χ0n) is 12.3. The molecule has 0 radical (unpaired) electrons. The van der Waals surface area contributed by atoms with Gasteiger partial charge in [0.1, 0.15) is 11.4 Å². The number of benzene rings is 2. The van der Waals surface area contributed by atoms with Crippen LogP contribution in [-0.4, -0.2) is 5.11 Å². The summed E-state index contributed by atoms with van der Waals surface area (Å²) in [6.07, 6.45) is 4.16. The van der Waals surface area contributed by atoms with E-state index in [1.54, 1.807) is 18.2 Å². The second kappa shape index (κ2) is 5.61. The molecular weight excluding hydrogens is 263 g/mol. The minimum absolute atomic E-state index is 0.351. The van der Waals surface area contributed by atoms with E-state index in [4.69, 9.17) is 0 Å². The summed E-state index contributed by atoms with van der Waals surface area (Å²) in [7, 11) is 0. The first-order valence-corrected chi connectivity index (χ1v) is 7.73. The Morgan fingerprint density at radius 3 is 2.52 bits per heavy atom. The molecule has 1 atom stereocenters. The van der Waals surface area contributed by atoms with Gasteiger partial charge in [-0.2, -0.15) is 0 Å². The summed E-state index contributed by atoms with van der Waals surface area (Å²) in [5.41, 5.74) is 1.16. The van der Waals surface area contributed by atoms with Gasteiger partial charge in [0.2, 0.25) is 0 Å². The lowest BCUT2D eigenvalue weighted by molar-refractivity contribution is 0.0724. The Morgan fingerprint density at radius 2 is 1.90 bits per heavy atom. The van der Waals surface area contributed by atoms with Gasteiger partial charge in [0.05, 0.1) is 0 Å². The highest BCUT2D eigenvalue weighted by molar-refractivity contribution is 5.39. The maximum Gasteiger partial charge on any atom is 0.129 e. The van der Waals surface area contributed by atoms with Crippen LogP contribution in [0.3, 0.4) is 0 Å². The lowest BCUT2D eigenvalue weighted by Gasteiger charge is -2.31. The summed E-state index contributed by atoms with van der Waals surface area (Å²) in [4.78, 5) is 0. The lowest BCUT2D eigenvalue weighted by atomic mass is 9.77. The minimum atomic E-state index is -1.26. The Bertz CT molecular complexity index is 633. The van der Waals surface area contributed by atoms with E-state index in [1.165, 1.54) is 30.9 Å². The number of halogens is 1. The van der Waals surface area contributed by atoms with Gasteiger partial charge in [-0.3, -0.25) is 0 Å². The predicted molar refractivity (Wildman–Crippen MR) is 82.7 cm³/mol. The lowest BCUT2D eigenvalue weighted by Crippen LogP contribution is -2.28. The summed E-state index contributed by atoms with van der Waals surface area (Å²) < 4.78 is 14.1. The molecule has 0 amide bonds. The zero-order valence-corrected chi connectivity index (χ0v) is 12.3. The van der Waals surface area contributed by atoms with Crippen molar-refractivity contribution in [1.82, 2.24) is 0 Å². The highest BCUT2D eigenvalue weighted by Gasteiger charge is 2.33. The van der Waals surface area contributed by atoms with Crippen molar-refractivity contribution in [1.29, 1.82) is 0 Å². The highest BCUT2D eigenvalue weighted by atomic mass is 19.1. The standard InChI is InChI=1S/C19H21FO/c1-2-19(21,17-11-3-4-12-18(17)20)16-10-6-9-15(13-16)14-7-5-8-14/h3-4,6,9-14,21H,2,5,7-8H2,1H3. The normalized spacial score (nSPS) is 18.0. The first-order valence-electron chi connectivity index (χ1n) is 7.73. The fourth-order valence-corrected chi connectivity index (χ4v) is 3.14. The molecule has 1 unspecified atom stereocenters. The van der Waals surface area contributed by atoms with Crippen LogP contribution in [0.4, 0.5) is 4.39 Å². The van der Waals surface area contributed by atoms with Crippen molar-refractivity contribution in [3.8, 4) is 0 Å². The average molecular weight is 284 g/mol. The van der Waals surface area contributed by atoms with Crippen molar-refractivity contribution in [3.63, 3.8) is 0 Å². The third-order valence-electron chi connectivity index (χ3n) is 4.77. The Kier molecular flexibility index (Phi) is 3.81. The molecule has 1 aliphatic carbocycles. The molecule has 2 aromatic rings. The first kappa shape index (κ1) is 14.3. The molecular formula is C19H21FO. The van der Waals surface area contributed by atoms with E-state index < -0.39 is 5.60 Å². The number of hydrogen-bond acceptors (Lipinski definition) is 1. The fraction of sp³-hybridized carbons (Fsp3) is 0.368. The summed E-state index contributed by atoms with van der Waals surface area (Å²) in [6, 6.07) is 14.6. The van der Waals surface area contributed by atoms with Gasteiger partial charge in [-0.25, -0.2) is 4.39 Å². The Labute approximate surface area is 125 Å². The van der Waals surface area contributed by atoms with Crippen LogP contribution in [0.1, 0.15) is 55.2 Å². The molecule has 1 fully saturated rings. The maximum atomic E-state index is 14.1.